The van der Waals surface area contributed by atoms with E-state index < -0.39 is 0 Å². The molecule has 4 heteroatoms. The van der Waals surface area contributed by atoms with Crippen LogP contribution in [0.1, 0.15) is 36.8 Å². The fourth-order valence-corrected chi connectivity index (χ4v) is 2.80. The van der Waals surface area contributed by atoms with Crippen molar-refractivity contribution in [2.45, 2.75) is 39.0 Å². The van der Waals surface area contributed by atoms with Crippen molar-refractivity contribution in [3.8, 4) is 0 Å². The summed E-state index contributed by atoms with van der Waals surface area (Å²) >= 11 is 0. The van der Waals surface area contributed by atoms with Gasteiger partial charge < -0.3 is 10.6 Å². The van der Waals surface area contributed by atoms with Crippen LogP contribution in [0.2, 0.25) is 0 Å². The zero-order valence-electron chi connectivity index (χ0n) is 14.5. The second-order valence-corrected chi connectivity index (χ2v) is 6.63. The Labute approximate surface area is 148 Å². The maximum Gasteiger partial charge on any atom is 0.227 e. The first kappa shape index (κ1) is 17.2. The molecule has 2 aromatic rings. The first-order chi connectivity index (χ1) is 12.1. The Balaban J connectivity index is 1.52. The number of carbonyl (C=O) groups is 2. The molecule has 0 heterocycles. The summed E-state index contributed by atoms with van der Waals surface area (Å²) in [5, 5.41) is 5.92. The predicted octanol–water partition coefficient (Wildman–Crippen LogP) is 4.30. The van der Waals surface area contributed by atoms with Crippen molar-refractivity contribution < 1.29 is 9.59 Å². The largest absolute Gasteiger partial charge is 0.326 e. The predicted molar refractivity (Wildman–Crippen MR) is 101 cm³/mol. The molecule has 2 N–H and O–H groups in total. The van der Waals surface area contributed by atoms with Gasteiger partial charge in [-0.1, -0.05) is 36.4 Å². The van der Waals surface area contributed by atoms with Crippen LogP contribution in [0.5, 0.6) is 0 Å². The summed E-state index contributed by atoms with van der Waals surface area (Å²) in [6, 6.07) is 15.8. The maximum absolute atomic E-state index is 12.2. The molecule has 3 rings (SSSR count). The fourth-order valence-electron chi connectivity index (χ4n) is 2.80. The lowest BCUT2D eigenvalue weighted by molar-refractivity contribution is -0.117. The van der Waals surface area contributed by atoms with E-state index in [0.717, 1.165) is 42.6 Å². The van der Waals surface area contributed by atoms with Crippen molar-refractivity contribution in [2.75, 3.05) is 10.6 Å². The number of carbonyl (C=O) groups excluding carboxylic acids is 2. The van der Waals surface area contributed by atoms with E-state index in [2.05, 4.69) is 22.8 Å². The number of nitrogens with one attached hydrogen (secondary N) is 2. The van der Waals surface area contributed by atoms with E-state index in [4.69, 9.17) is 0 Å². The van der Waals surface area contributed by atoms with Gasteiger partial charge in [0.05, 0.1) is 0 Å². The van der Waals surface area contributed by atoms with Crippen molar-refractivity contribution in [3.05, 3.63) is 59.7 Å². The molecular formula is C21H24N2O2. The lowest BCUT2D eigenvalue weighted by Gasteiger charge is -2.13. The molecule has 0 spiro atoms. The highest BCUT2D eigenvalue weighted by molar-refractivity contribution is 5.97. The van der Waals surface area contributed by atoms with Gasteiger partial charge in [-0.2, -0.15) is 0 Å². The van der Waals surface area contributed by atoms with Gasteiger partial charge in [-0.05, 0) is 55.9 Å². The first-order valence-electron chi connectivity index (χ1n) is 8.88. The van der Waals surface area contributed by atoms with Crippen LogP contribution < -0.4 is 10.6 Å². The van der Waals surface area contributed by atoms with Gasteiger partial charge in [0.25, 0.3) is 0 Å². The van der Waals surface area contributed by atoms with Crippen LogP contribution in [0.4, 0.5) is 11.4 Å². The van der Waals surface area contributed by atoms with Gasteiger partial charge in [0.1, 0.15) is 0 Å². The molecule has 130 valence electrons. The van der Waals surface area contributed by atoms with Gasteiger partial charge in [0.15, 0.2) is 0 Å². The molecule has 0 aliphatic heterocycles. The Hall–Kier alpha value is -2.62. The lowest BCUT2D eigenvalue weighted by Crippen LogP contribution is -2.16. The molecule has 4 nitrogen and oxygen atoms in total. The van der Waals surface area contributed by atoms with Gasteiger partial charge in [0, 0.05) is 23.7 Å². The molecule has 0 saturated heterocycles. The molecule has 1 aliphatic rings. The Morgan fingerprint density at radius 1 is 0.960 bits per heavy atom. The van der Waals surface area contributed by atoms with Crippen molar-refractivity contribution in [1.82, 2.24) is 0 Å². The summed E-state index contributed by atoms with van der Waals surface area (Å²) in [7, 11) is 0. The average molecular weight is 336 g/mol. The second-order valence-electron chi connectivity index (χ2n) is 6.63. The topological polar surface area (TPSA) is 58.2 Å². The van der Waals surface area contributed by atoms with E-state index in [1.54, 1.807) is 0 Å². The number of benzene rings is 2. The van der Waals surface area contributed by atoms with Crippen LogP contribution in [-0.2, 0) is 16.0 Å². The highest BCUT2D eigenvalue weighted by atomic mass is 16.2. The van der Waals surface area contributed by atoms with Gasteiger partial charge in [-0.15, -0.1) is 0 Å². The third-order valence-corrected chi connectivity index (χ3v) is 4.53. The summed E-state index contributed by atoms with van der Waals surface area (Å²) in [6.45, 7) is 1.92. The van der Waals surface area contributed by atoms with E-state index in [9.17, 15) is 9.59 Å². The van der Waals surface area contributed by atoms with Crippen molar-refractivity contribution in [3.63, 3.8) is 0 Å². The van der Waals surface area contributed by atoms with Crippen LogP contribution in [0, 0.1) is 12.8 Å². The minimum atomic E-state index is 0.00435. The molecule has 0 radical (unpaired) electrons. The van der Waals surface area contributed by atoms with Crippen LogP contribution >= 0.6 is 0 Å². The van der Waals surface area contributed by atoms with Gasteiger partial charge >= 0.3 is 0 Å². The zero-order chi connectivity index (χ0) is 17.6. The Morgan fingerprint density at radius 3 is 2.32 bits per heavy atom. The second kappa shape index (κ2) is 7.97. The maximum atomic E-state index is 12.2. The molecule has 0 atom stereocenters. The third kappa shape index (κ3) is 4.92. The van der Waals surface area contributed by atoms with Crippen LogP contribution in [0.3, 0.4) is 0 Å². The molecule has 1 saturated carbocycles. The SMILES string of the molecule is Cc1c(NC(=O)CCCc2ccccc2)cccc1NC(=O)C1CC1. The molecule has 25 heavy (non-hydrogen) atoms. The standard InChI is InChI=1S/C21H24N2O2/c1-15-18(10-6-11-19(15)23-21(25)17-13-14-17)22-20(24)12-5-9-16-7-3-2-4-8-16/h2-4,6-8,10-11,17H,5,9,12-14H2,1H3,(H,22,24)(H,23,25). The molecule has 2 amide bonds. The Bertz CT molecular complexity index is 752. The molecule has 1 aliphatic carbocycles. The van der Waals surface area contributed by atoms with Crippen molar-refractivity contribution in [2.24, 2.45) is 5.92 Å². The highest BCUT2D eigenvalue weighted by Gasteiger charge is 2.29. The van der Waals surface area contributed by atoms with E-state index in [-0.39, 0.29) is 17.7 Å². The average Bonchev–Trinajstić information content (AvgIpc) is 3.44. The Kier molecular flexibility index (Phi) is 5.49. The number of hydrogen-bond acceptors (Lipinski definition) is 2. The van der Waals surface area contributed by atoms with Crippen molar-refractivity contribution in [1.29, 1.82) is 0 Å². The van der Waals surface area contributed by atoms with Gasteiger partial charge in [-0.25, -0.2) is 0 Å². The van der Waals surface area contributed by atoms with Crippen LogP contribution in [0.25, 0.3) is 0 Å². The highest BCUT2D eigenvalue weighted by Crippen LogP contribution is 2.31. The lowest BCUT2D eigenvalue weighted by atomic mass is 10.1. The summed E-state index contributed by atoms with van der Waals surface area (Å²) in [4.78, 5) is 24.1. The zero-order valence-corrected chi connectivity index (χ0v) is 14.5. The van der Waals surface area contributed by atoms with E-state index in [1.807, 2.05) is 43.3 Å². The fraction of sp³-hybridized carbons (Fsp3) is 0.333. The monoisotopic (exact) mass is 336 g/mol. The number of amides is 2. The van der Waals surface area contributed by atoms with Gasteiger partial charge in [0.2, 0.25) is 11.8 Å². The van der Waals surface area contributed by atoms with E-state index in [0.29, 0.717) is 6.42 Å². The number of rotatable bonds is 7. The summed E-state index contributed by atoms with van der Waals surface area (Å²) in [5.41, 5.74) is 3.68. The minimum Gasteiger partial charge on any atom is -0.326 e. The molecular weight excluding hydrogens is 312 g/mol. The van der Waals surface area contributed by atoms with E-state index in [1.165, 1.54) is 5.56 Å². The quantitative estimate of drug-likeness (QED) is 0.792. The molecule has 1 fully saturated rings. The number of hydrogen-bond donors (Lipinski definition) is 2. The first-order valence-corrected chi connectivity index (χ1v) is 8.88. The smallest absolute Gasteiger partial charge is 0.227 e. The Morgan fingerprint density at radius 2 is 1.64 bits per heavy atom. The normalized spacial score (nSPS) is 13.3. The van der Waals surface area contributed by atoms with Crippen molar-refractivity contribution >= 4 is 23.2 Å². The summed E-state index contributed by atoms with van der Waals surface area (Å²) < 4.78 is 0. The van der Waals surface area contributed by atoms with Gasteiger partial charge in [-0.3, -0.25) is 9.59 Å². The van der Waals surface area contributed by atoms with E-state index >= 15 is 0 Å². The number of anilines is 2. The third-order valence-electron chi connectivity index (χ3n) is 4.53. The molecule has 2 aromatic carbocycles. The molecule has 0 aromatic heterocycles. The van der Waals surface area contributed by atoms with Crippen LogP contribution in [0.15, 0.2) is 48.5 Å². The summed E-state index contributed by atoms with van der Waals surface area (Å²) in [6.07, 6.45) is 4.14. The molecule has 0 bridgehead atoms. The minimum absolute atomic E-state index is 0.00435. The number of aryl methyl sites for hydroxylation is 1. The molecule has 0 unspecified atom stereocenters. The summed E-state index contributed by atoms with van der Waals surface area (Å²) in [5.74, 6) is 0.245. The van der Waals surface area contributed by atoms with Crippen LogP contribution in [-0.4, -0.2) is 11.8 Å².